The van der Waals surface area contributed by atoms with E-state index in [0.29, 0.717) is 0 Å². The lowest BCUT2D eigenvalue weighted by molar-refractivity contribution is -0.155. The van der Waals surface area contributed by atoms with Crippen molar-refractivity contribution in [3.8, 4) is 0 Å². The Bertz CT molecular complexity index is 564. The Balaban J connectivity index is 1.89. The molecule has 5 heteroatoms. The molecule has 2 aliphatic rings. The van der Waals surface area contributed by atoms with Crippen molar-refractivity contribution < 1.29 is 19.5 Å². The van der Waals surface area contributed by atoms with Gasteiger partial charge in [-0.1, -0.05) is 30.3 Å². The summed E-state index contributed by atoms with van der Waals surface area (Å²) >= 11 is 0. The number of carboxylic acids is 1. The summed E-state index contributed by atoms with van der Waals surface area (Å²) in [7, 11) is 0. The topological polar surface area (TPSA) is 74.7 Å². The highest BCUT2D eigenvalue weighted by molar-refractivity contribution is 6.08. The fourth-order valence-corrected chi connectivity index (χ4v) is 2.82. The highest BCUT2D eigenvalue weighted by atomic mass is 16.4. The molecule has 2 atom stereocenters. The van der Waals surface area contributed by atoms with E-state index in [1.54, 1.807) is 12.1 Å². The van der Waals surface area contributed by atoms with Gasteiger partial charge >= 0.3 is 5.97 Å². The molecule has 0 aromatic heterocycles. The lowest BCUT2D eigenvalue weighted by Crippen LogP contribution is -2.46. The number of imide groups is 1. The van der Waals surface area contributed by atoms with E-state index in [1.165, 1.54) is 0 Å². The average molecular weight is 273 g/mol. The number of hydrogen-bond donors (Lipinski definition) is 1. The third-order valence-electron chi connectivity index (χ3n) is 3.98. The molecular weight excluding hydrogens is 258 g/mol. The van der Waals surface area contributed by atoms with Crippen LogP contribution in [0.4, 0.5) is 0 Å². The number of benzene rings is 1. The van der Waals surface area contributed by atoms with Gasteiger partial charge in [0.05, 0.1) is 5.92 Å². The average Bonchev–Trinajstić information content (AvgIpc) is 3.21. The molecule has 1 aromatic carbocycles. The molecule has 3 rings (SSSR count). The zero-order valence-corrected chi connectivity index (χ0v) is 10.9. The lowest BCUT2D eigenvalue weighted by Gasteiger charge is -2.22. The summed E-state index contributed by atoms with van der Waals surface area (Å²) in [5, 5.41) is 9.29. The van der Waals surface area contributed by atoms with E-state index in [-0.39, 0.29) is 24.2 Å². The summed E-state index contributed by atoms with van der Waals surface area (Å²) in [6, 6.07) is 8.07. The zero-order chi connectivity index (χ0) is 14.3. The van der Waals surface area contributed by atoms with Crippen molar-refractivity contribution in [1.82, 2.24) is 4.90 Å². The van der Waals surface area contributed by atoms with E-state index in [9.17, 15) is 19.5 Å². The Morgan fingerprint density at radius 3 is 2.40 bits per heavy atom. The van der Waals surface area contributed by atoms with Crippen molar-refractivity contribution in [2.75, 3.05) is 0 Å². The molecule has 1 heterocycles. The van der Waals surface area contributed by atoms with Gasteiger partial charge in [-0.3, -0.25) is 14.5 Å². The van der Waals surface area contributed by atoms with Gasteiger partial charge < -0.3 is 5.11 Å². The minimum atomic E-state index is -1.08. The van der Waals surface area contributed by atoms with Gasteiger partial charge in [-0.15, -0.1) is 0 Å². The minimum absolute atomic E-state index is 0.0688. The van der Waals surface area contributed by atoms with Crippen LogP contribution in [-0.4, -0.2) is 33.8 Å². The van der Waals surface area contributed by atoms with Gasteiger partial charge in [0.15, 0.2) is 0 Å². The van der Waals surface area contributed by atoms with Crippen LogP contribution in [0.5, 0.6) is 0 Å². The van der Waals surface area contributed by atoms with Crippen molar-refractivity contribution in [3.63, 3.8) is 0 Å². The van der Waals surface area contributed by atoms with E-state index in [1.807, 2.05) is 18.2 Å². The number of hydrogen-bond acceptors (Lipinski definition) is 3. The SMILES string of the molecule is O=C(O)C(C1CC1)N1C(=O)CC(c2ccccc2)C1=O. The number of aliphatic carboxylic acids is 1. The van der Waals surface area contributed by atoms with E-state index >= 15 is 0 Å². The maximum Gasteiger partial charge on any atom is 0.327 e. The molecule has 2 unspecified atom stereocenters. The van der Waals surface area contributed by atoms with Gasteiger partial charge in [-0.2, -0.15) is 0 Å². The van der Waals surface area contributed by atoms with Crippen LogP contribution in [0.15, 0.2) is 30.3 Å². The van der Waals surface area contributed by atoms with Gasteiger partial charge in [0.2, 0.25) is 11.8 Å². The Labute approximate surface area is 116 Å². The maximum atomic E-state index is 12.4. The van der Waals surface area contributed by atoms with Crippen molar-refractivity contribution in [1.29, 1.82) is 0 Å². The Morgan fingerprint density at radius 1 is 1.20 bits per heavy atom. The number of carbonyl (C=O) groups is 3. The van der Waals surface area contributed by atoms with Gasteiger partial charge in [-0.05, 0) is 24.3 Å². The largest absolute Gasteiger partial charge is 0.480 e. The first-order valence-corrected chi connectivity index (χ1v) is 6.73. The van der Waals surface area contributed by atoms with Crippen LogP contribution in [0.2, 0.25) is 0 Å². The third-order valence-corrected chi connectivity index (χ3v) is 3.98. The normalized spacial score (nSPS) is 24.0. The number of carbonyl (C=O) groups excluding carboxylic acids is 2. The first kappa shape index (κ1) is 12.8. The Kier molecular flexibility index (Phi) is 3.04. The third kappa shape index (κ3) is 2.09. The van der Waals surface area contributed by atoms with Crippen molar-refractivity contribution >= 4 is 17.8 Å². The second kappa shape index (κ2) is 4.74. The molecule has 1 aromatic rings. The fraction of sp³-hybridized carbons (Fsp3) is 0.400. The maximum absolute atomic E-state index is 12.4. The summed E-state index contributed by atoms with van der Waals surface area (Å²) in [6.45, 7) is 0. The molecule has 0 radical (unpaired) electrons. The Hall–Kier alpha value is -2.17. The van der Waals surface area contributed by atoms with Crippen molar-refractivity contribution in [2.45, 2.75) is 31.2 Å². The zero-order valence-electron chi connectivity index (χ0n) is 10.9. The van der Waals surface area contributed by atoms with E-state index in [2.05, 4.69) is 0 Å². The molecule has 1 aliphatic heterocycles. The predicted molar refractivity (Wildman–Crippen MR) is 69.8 cm³/mol. The number of likely N-dealkylation sites (tertiary alicyclic amines) is 1. The van der Waals surface area contributed by atoms with Gasteiger partial charge in [0, 0.05) is 6.42 Å². The van der Waals surface area contributed by atoms with Gasteiger partial charge in [0.25, 0.3) is 0 Å². The highest BCUT2D eigenvalue weighted by Crippen LogP contribution is 2.40. The van der Waals surface area contributed by atoms with Crippen LogP contribution in [0.1, 0.15) is 30.7 Å². The van der Waals surface area contributed by atoms with Crippen LogP contribution >= 0.6 is 0 Å². The van der Waals surface area contributed by atoms with Gasteiger partial charge in [-0.25, -0.2) is 4.79 Å². The number of amides is 2. The van der Waals surface area contributed by atoms with Crippen LogP contribution in [0.25, 0.3) is 0 Å². The van der Waals surface area contributed by atoms with E-state index in [0.717, 1.165) is 23.3 Å². The van der Waals surface area contributed by atoms with Crippen LogP contribution in [-0.2, 0) is 14.4 Å². The molecule has 1 aliphatic carbocycles. The summed E-state index contributed by atoms with van der Waals surface area (Å²) in [5.74, 6) is -2.44. The monoisotopic (exact) mass is 273 g/mol. The first-order chi connectivity index (χ1) is 9.59. The molecule has 104 valence electrons. The number of carboxylic acid groups (broad SMARTS) is 1. The molecule has 0 spiro atoms. The summed E-state index contributed by atoms with van der Waals surface area (Å²) in [5.41, 5.74) is 0.772. The second-order valence-corrected chi connectivity index (χ2v) is 5.39. The molecule has 2 amide bonds. The number of nitrogens with zero attached hydrogens (tertiary/aromatic N) is 1. The van der Waals surface area contributed by atoms with Crippen molar-refractivity contribution in [2.24, 2.45) is 5.92 Å². The summed E-state index contributed by atoms with van der Waals surface area (Å²) < 4.78 is 0. The molecule has 1 saturated carbocycles. The quantitative estimate of drug-likeness (QED) is 0.841. The van der Waals surface area contributed by atoms with E-state index in [4.69, 9.17) is 0 Å². The molecule has 0 bridgehead atoms. The van der Waals surface area contributed by atoms with Crippen LogP contribution < -0.4 is 0 Å². The molecule has 2 fully saturated rings. The molecule has 1 N–H and O–H groups in total. The minimum Gasteiger partial charge on any atom is -0.480 e. The predicted octanol–water partition coefficient (Wildman–Crippen LogP) is 1.39. The summed E-state index contributed by atoms with van der Waals surface area (Å²) in [4.78, 5) is 36.9. The molecule has 5 nitrogen and oxygen atoms in total. The first-order valence-electron chi connectivity index (χ1n) is 6.73. The van der Waals surface area contributed by atoms with Crippen molar-refractivity contribution in [3.05, 3.63) is 35.9 Å². The Morgan fingerprint density at radius 2 is 1.85 bits per heavy atom. The summed E-state index contributed by atoms with van der Waals surface area (Å²) in [6.07, 6.45) is 1.60. The number of rotatable bonds is 4. The smallest absolute Gasteiger partial charge is 0.327 e. The van der Waals surface area contributed by atoms with Crippen LogP contribution in [0.3, 0.4) is 0 Å². The standard InChI is InChI=1S/C15H15NO4/c17-12-8-11(9-4-2-1-3-5-9)14(18)16(12)13(15(19)20)10-6-7-10/h1-5,10-11,13H,6-8H2,(H,19,20). The lowest BCUT2D eigenvalue weighted by atomic mass is 9.98. The molecule has 1 saturated heterocycles. The second-order valence-electron chi connectivity index (χ2n) is 5.39. The highest BCUT2D eigenvalue weighted by Gasteiger charge is 2.50. The fourth-order valence-electron chi connectivity index (χ4n) is 2.82. The molecule has 20 heavy (non-hydrogen) atoms. The molecular formula is C15H15NO4. The van der Waals surface area contributed by atoms with Gasteiger partial charge in [0.1, 0.15) is 6.04 Å². The van der Waals surface area contributed by atoms with E-state index < -0.39 is 17.9 Å². The van der Waals surface area contributed by atoms with Crippen LogP contribution in [0, 0.1) is 5.92 Å².